The number of benzene rings is 1. The van der Waals surface area contributed by atoms with Gasteiger partial charge in [0.25, 0.3) is 0 Å². The first-order valence-electron chi connectivity index (χ1n) is 5.38. The first-order chi connectivity index (χ1) is 8.43. The molecular weight excluding hydrogens is 277 g/mol. The molecule has 0 amide bonds. The maximum atomic E-state index is 12.1. The van der Waals surface area contributed by atoms with Gasteiger partial charge in [0.05, 0.1) is 0 Å². The van der Waals surface area contributed by atoms with Gasteiger partial charge in [0, 0.05) is 10.8 Å². The van der Waals surface area contributed by atoms with Gasteiger partial charge in [0.15, 0.2) is 0 Å². The first kappa shape index (κ1) is 15.6. The number of hydrogen-bond acceptors (Lipinski definition) is 2. The lowest BCUT2D eigenvalue weighted by molar-refractivity contribution is -0.0420. The van der Waals surface area contributed by atoms with Crippen LogP contribution in [-0.2, 0) is 15.3 Å². The lowest BCUT2D eigenvalue weighted by Crippen LogP contribution is -2.20. The van der Waals surface area contributed by atoms with Crippen molar-refractivity contribution < 1.29 is 21.6 Å². The molecule has 0 fully saturated rings. The van der Waals surface area contributed by atoms with Crippen LogP contribution in [0.3, 0.4) is 0 Å². The molecule has 0 aliphatic heterocycles. The zero-order valence-corrected chi connectivity index (χ0v) is 11.5. The van der Waals surface area contributed by atoms with Gasteiger partial charge in [-0.1, -0.05) is 32.9 Å². The van der Waals surface area contributed by atoms with Crippen LogP contribution in [-0.4, -0.2) is 13.9 Å². The van der Waals surface area contributed by atoms with E-state index in [1.165, 1.54) is 17.4 Å². The van der Waals surface area contributed by atoms with E-state index in [1.54, 1.807) is 12.1 Å². The van der Waals surface area contributed by atoms with Gasteiger partial charge in [-0.3, -0.25) is 0 Å². The highest BCUT2D eigenvalue weighted by Crippen LogP contribution is 2.24. The van der Waals surface area contributed by atoms with Gasteiger partial charge in [-0.2, -0.15) is 13.2 Å². The van der Waals surface area contributed by atoms with Crippen molar-refractivity contribution in [2.45, 2.75) is 31.7 Å². The number of halogens is 3. The molecule has 0 unspecified atom stereocenters. The van der Waals surface area contributed by atoms with Crippen LogP contribution in [0, 0.1) is 11.2 Å². The number of hydrogen-bond donors (Lipinski definition) is 0. The van der Waals surface area contributed by atoms with E-state index in [0.29, 0.717) is 0 Å². The summed E-state index contributed by atoms with van der Waals surface area (Å²) in [6.07, 6.45) is 0. The molecular formula is C13H13F3O2S. The van der Waals surface area contributed by atoms with E-state index < -0.39 is 15.3 Å². The summed E-state index contributed by atoms with van der Waals surface area (Å²) in [5, 5.41) is 1.27. The normalized spacial score (nSPS) is 12.7. The predicted molar refractivity (Wildman–Crippen MR) is 67.0 cm³/mol. The maximum Gasteiger partial charge on any atom is 0.509 e. The van der Waals surface area contributed by atoms with Gasteiger partial charge in [0.1, 0.15) is 0 Å². The van der Waals surface area contributed by atoms with Crippen molar-refractivity contribution in [1.82, 2.24) is 0 Å². The van der Waals surface area contributed by atoms with Crippen LogP contribution in [0.15, 0.2) is 24.3 Å². The summed E-state index contributed by atoms with van der Waals surface area (Å²) in [6.45, 7) is 5.96. The van der Waals surface area contributed by atoms with Crippen LogP contribution in [0.5, 0.6) is 0 Å². The second-order valence-corrected chi connectivity index (χ2v) is 6.68. The lowest BCUT2D eigenvalue weighted by atomic mass is 9.87. The summed E-state index contributed by atoms with van der Waals surface area (Å²) < 4.78 is 57.7. The van der Waals surface area contributed by atoms with Gasteiger partial charge in [-0.25, -0.2) is 8.42 Å². The zero-order valence-electron chi connectivity index (χ0n) is 10.7. The van der Waals surface area contributed by atoms with E-state index in [9.17, 15) is 21.6 Å². The minimum Gasteiger partial charge on any atom is -0.206 e. The highest BCUT2D eigenvalue weighted by molar-refractivity contribution is 7.96. The fourth-order valence-electron chi connectivity index (χ4n) is 1.24. The Kier molecular flexibility index (Phi) is 4.01. The molecule has 0 spiro atoms. The van der Waals surface area contributed by atoms with Crippen molar-refractivity contribution in [1.29, 1.82) is 0 Å². The Labute approximate surface area is 110 Å². The Bertz CT molecular complexity index is 609. The number of alkyl halides is 3. The Morgan fingerprint density at radius 2 is 1.47 bits per heavy atom. The van der Waals surface area contributed by atoms with Crippen LogP contribution in [0.25, 0.3) is 0 Å². The van der Waals surface area contributed by atoms with Gasteiger partial charge < -0.3 is 0 Å². The van der Waals surface area contributed by atoms with Gasteiger partial charge in [-0.05, 0) is 29.0 Å². The molecule has 0 saturated heterocycles. The average molecular weight is 290 g/mol. The average Bonchev–Trinajstić information content (AvgIpc) is 2.24. The highest BCUT2D eigenvalue weighted by Gasteiger charge is 2.44. The molecule has 0 aliphatic carbocycles. The molecule has 0 N–H and O–H groups in total. The summed E-state index contributed by atoms with van der Waals surface area (Å²) in [5.74, 6) is 2.01. The Morgan fingerprint density at radius 3 is 1.84 bits per heavy atom. The first-order valence-corrected chi connectivity index (χ1v) is 6.86. The van der Waals surface area contributed by atoms with E-state index in [2.05, 4.69) is 0 Å². The minimum absolute atomic E-state index is 0.0932. The molecule has 104 valence electrons. The smallest absolute Gasteiger partial charge is 0.206 e. The Balaban J connectivity index is 3.05. The fraction of sp³-hybridized carbons (Fsp3) is 0.385. The Morgan fingerprint density at radius 1 is 1.00 bits per heavy atom. The maximum absolute atomic E-state index is 12.1. The van der Waals surface area contributed by atoms with Crippen LogP contribution in [0.4, 0.5) is 13.2 Å². The van der Waals surface area contributed by atoms with Gasteiger partial charge in [-0.15, -0.1) is 0 Å². The van der Waals surface area contributed by atoms with Crippen LogP contribution in [0.1, 0.15) is 31.9 Å². The van der Waals surface area contributed by atoms with E-state index in [0.717, 1.165) is 5.56 Å². The predicted octanol–water partition coefficient (Wildman–Crippen LogP) is 3.23. The summed E-state index contributed by atoms with van der Waals surface area (Å²) in [4.78, 5) is 0. The van der Waals surface area contributed by atoms with E-state index >= 15 is 0 Å². The Hall–Kier alpha value is -1.48. The number of rotatable bonds is 0. The summed E-state index contributed by atoms with van der Waals surface area (Å²) >= 11 is 0. The van der Waals surface area contributed by atoms with Crippen LogP contribution in [0.2, 0.25) is 0 Å². The molecule has 6 heteroatoms. The van der Waals surface area contributed by atoms with Crippen molar-refractivity contribution in [3.8, 4) is 11.2 Å². The van der Waals surface area contributed by atoms with Crippen LogP contribution >= 0.6 is 0 Å². The standard InChI is InChI=1S/C13H13F3O2S/c1-12(2,3)11-6-4-10(5-7-11)8-9-19(17,18)13(14,15)16/h4-7H,1-3H3. The SMILES string of the molecule is CC(C)(C)c1ccc(C#CS(=O)(=O)C(F)(F)F)cc1. The highest BCUT2D eigenvalue weighted by atomic mass is 32.2. The van der Waals surface area contributed by atoms with Gasteiger partial charge in [0.2, 0.25) is 0 Å². The third kappa shape index (κ3) is 4.00. The summed E-state index contributed by atoms with van der Waals surface area (Å²) in [5.41, 5.74) is -4.23. The third-order valence-corrected chi connectivity index (χ3v) is 3.37. The molecule has 0 bridgehead atoms. The van der Waals surface area contributed by atoms with E-state index in [4.69, 9.17) is 0 Å². The third-order valence-electron chi connectivity index (χ3n) is 2.39. The molecule has 0 saturated carbocycles. The molecule has 1 aromatic rings. The van der Waals surface area contributed by atoms with Crippen LogP contribution < -0.4 is 0 Å². The largest absolute Gasteiger partial charge is 0.509 e. The minimum atomic E-state index is -5.40. The molecule has 19 heavy (non-hydrogen) atoms. The van der Waals surface area contributed by atoms with Crippen molar-refractivity contribution in [2.24, 2.45) is 0 Å². The molecule has 2 nitrogen and oxygen atoms in total. The fourth-order valence-corrected chi connectivity index (χ4v) is 1.61. The second kappa shape index (κ2) is 4.89. The molecule has 0 heterocycles. The molecule has 0 atom stereocenters. The summed E-state index contributed by atoms with van der Waals surface area (Å²) in [6, 6.07) is 6.42. The second-order valence-electron chi connectivity index (χ2n) is 5.00. The molecule has 0 aliphatic rings. The van der Waals surface area contributed by atoms with E-state index in [-0.39, 0.29) is 11.0 Å². The molecule has 1 aromatic carbocycles. The van der Waals surface area contributed by atoms with Crippen molar-refractivity contribution in [3.05, 3.63) is 35.4 Å². The zero-order chi connectivity index (χ0) is 14.9. The van der Waals surface area contributed by atoms with Crippen molar-refractivity contribution in [2.75, 3.05) is 0 Å². The molecule has 0 aromatic heterocycles. The molecule has 0 radical (unpaired) electrons. The van der Waals surface area contributed by atoms with Crippen molar-refractivity contribution in [3.63, 3.8) is 0 Å². The topological polar surface area (TPSA) is 34.1 Å². The summed E-state index contributed by atoms with van der Waals surface area (Å²) in [7, 11) is -5.40. The monoisotopic (exact) mass is 290 g/mol. The molecule has 1 rings (SSSR count). The van der Waals surface area contributed by atoms with Crippen molar-refractivity contribution >= 4 is 9.84 Å². The number of sulfone groups is 1. The lowest BCUT2D eigenvalue weighted by Gasteiger charge is -2.18. The quantitative estimate of drug-likeness (QED) is 0.687. The van der Waals surface area contributed by atoms with E-state index in [1.807, 2.05) is 26.7 Å². The van der Waals surface area contributed by atoms with Gasteiger partial charge >= 0.3 is 15.3 Å².